The van der Waals surface area contributed by atoms with Crippen molar-refractivity contribution in [3.05, 3.63) is 80.8 Å². The molecule has 0 aliphatic rings. The summed E-state index contributed by atoms with van der Waals surface area (Å²) in [7, 11) is 1.64. The molecule has 0 saturated heterocycles. The molecule has 0 saturated carbocycles. The largest absolute Gasteiger partial charge is 0.332 e. The van der Waals surface area contributed by atoms with Gasteiger partial charge in [0.05, 0.1) is 12.6 Å². The second-order valence-electron chi connectivity index (χ2n) is 7.37. The number of imidazole rings is 2. The van der Waals surface area contributed by atoms with Gasteiger partial charge in [-0.3, -0.25) is 18.3 Å². The molecule has 7 nitrogen and oxygen atoms in total. The lowest BCUT2D eigenvalue weighted by Gasteiger charge is -2.16. The molecule has 0 amide bonds. The van der Waals surface area contributed by atoms with E-state index in [1.807, 2.05) is 31.3 Å². The first kappa shape index (κ1) is 18.0. The highest BCUT2D eigenvalue weighted by atomic mass is 16.2. The zero-order valence-electron chi connectivity index (χ0n) is 16.5. The molecule has 0 spiro atoms. The number of benzene rings is 1. The lowest BCUT2D eigenvalue weighted by molar-refractivity contribution is 0.638. The van der Waals surface area contributed by atoms with E-state index in [1.54, 1.807) is 18.4 Å². The summed E-state index contributed by atoms with van der Waals surface area (Å²) in [4.78, 5) is 30.5. The first-order valence-electron chi connectivity index (χ1n) is 9.20. The number of rotatable bonds is 4. The van der Waals surface area contributed by atoms with Crippen molar-refractivity contribution in [2.45, 2.75) is 33.4 Å². The van der Waals surface area contributed by atoms with E-state index >= 15 is 0 Å². The van der Waals surface area contributed by atoms with Crippen molar-refractivity contribution >= 4 is 16.9 Å². The molecule has 1 atom stereocenters. The minimum atomic E-state index is -0.388. The van der Waals surface area contributed by atoms with Crippen LogP contribution in [0.4, 0.5) is 0 Å². The van der Waals surface area contributed by atoms with Crippen LogP contribution in [0, 0.1) is 6.92 Å². The molecule has 0 unspecified atom stereocenters. The summed E-state index contributed by atoms with van der Waals surface area (Å²) in [5.41, 5.74) is 2.92. The smallest absolute Gasteiger partial charge is 0.307 e. The molecule has 0 fully saturated rings. The monoisotopic (exact) mass is 377 g/mol. The van der Waals surface area contributed by atoms with Gasteiger partial charge < -0.3 is 4.57 Å². The van der Waals surface area contributed by atoms with Gasteiger partial charge in [0.25, 0.3) is 5.56 Å². The van der Waals surface area contributed by atoms with E-state index in [1.165, 1.54) is 9.13 Å². The van der Waals surface area contributed by atoms with E-state index in [4.69, 9.17) is 0 Å². The molecular formula is C21H23N5O2. The maximum absolute atomic E-state index is 13.1. The first-order valence-corrected chi connectivity index (χ1v) is 9.20. The molecule has 28 heavy (non-hydrogen) atoms. The highest BCUT2D eigenvalue weighted by Gasteiger charge is 2.22. The van der Waals surface area contributed by atoms with Gasteiger partial charge in [0, 0.05) is 18.9 Å². The summed E-state index contributed by atoms with van der Waals surface area (Å²) in [5.74, 6) is 0.643. The molecule has 0 radical (unpaired) electrons. The lowest BCUT2D eigenvalue weighted by atomic mass is 10.1. The maximum Gasteiger partial charge on any atom is 0.332 e. The Labute approximate surface area is 161 Å². The minimum Gasteiger partial charge on any atom is -0.307 e. The zero-order chi connectivity index (χ0) is 20.2. The molecule has 0 N–H and O–H groups in total. The quantitative estimate of drug-likeness (QED) is 0.514. The fourth-order valence-corrected chi connectivity index (χ4v) is 3.80. The molecule has 4 rings (SSSR count). The average molecular weight is 377 g/mol. The second-order valence-corrected chi connectivity index (χ2v) is 7.37. The number of hydrogen-bond donors (Lipinski definition) is 0. The summed E-state index contributed by atoms with van der Waals surface area (Å²) in [6.07, 6.45) is 1.90. The molecule has 4 aromatic rings. The normalized spacial score (nSPS) is 12.7. The topological polar surface area (TPSA) is 66.2 Å². The van der Waals surface area contributed by atoms with Crippen LogP contribution in [0.1, 0.15) is 31.1 Å². The Kier molecular flexibility index (Phi) is 4.10. The van der Waals surface area contributed by atoms with Crippen LogP contribution in [0.3, 0.4) is 0 Å². The van der Waals surface area contributed by atoms with Crippen LogP contribution in [0.15, 0.2) is 58.3 Å². The van der Waals surface area contributed by atoms with Gasteiger partial charge in [-0.15, -0.1) is 0 Å². The summed E-state index contributed by atoms with van der Waals surface area (Å²) in [6, 6.07) is 10.2. The standard InChI is InChI=1S/C21H23N5O2/c1-13(2)11-25-19(27)17-18(23(5)21(25)28)22-20-24(17)12-14(3)26(20)15(4)16-9-7-6-8-10-16/h6-10,12,15H,1,11H2,2-5H3/t15-/m0/s1. The number of fused-ring (bicyclic) bond motifs is 3. The number of hydrogen-bond acceptors (Lipinski definition) is 3. The Morgan fingerprint density at radius 2 is 1.89 bits per heavy atom. The average Bonchev–Trinajstić information content (AvgIpc) is 3.18. The van der Waals surface area contributed by atoms with E-state index in [9.17, 15) is 9.59 Å². The fraction of sp³-hybridized carbons (Fsp3) is 0.286. The number of nitrogens with zero attached hydrogens (tertiary/aromatic N) is 5. The van der Waals surface area contributed by atoms with Crippen molar-refractivity contribution < 1.29 is 0 Å². The number of aromatic nitrogens is 5. The molecule has 1 aromatic carbocycles. The predicted molar refractivity (Wildman–Crippen MR) is 110 cm³/mol. The Balaban J connectivity index is 2.06. The zero-order valence-corrected chi connectivity index (χ0v) is 16.5. The fourth-order valence-electron chi connectivity index (χ4n) is 3.80. The molecule has 3 heterocycles. The molecule has 144 valence electrons. The van der Waals surface area contributed by atoms with Crippen LogP contribution in [0.5, 0.6) is 0 Å². The van der Waals surface area contributed by atoms with Crippen molar-refractivity contribution in [3.8, 4) is 0 Å². The lowest BCUT2D eigenvalue weighted by Crippen LogP contribution is -2.39. The van der Waals surface area contributed by atoms with Crippen molar-refractivity contribution in [3.63, 3.8) is 0 Å². The van der Waals surface area contributed by atoms with Crippen LogP contribution in [-0.2, 0) is 13.6 Å². The molecule has 3 aromatic heterocycles. The van der Waals surface area contributed by atoms with Crippen LogP contribution in [0.2, 0.25) is 0 Å². The minimum absolute atomic E-state index is 0.0326. The van der Waals surface area contributed by atoms with E-state index in [2.05, 4.69) is 35.2 Å². The highest BCUT2D eigenvalue weighted by Crippen LogP contribution is 2.25. The van der Waals surface area contributed by atoms with E-state index in [-0.39, 0.29) is 23.8 Å². The van der Waals surface area contributed by atoms with E-state index in [0.717, 1.165) is 16.8 Å². The third-order valence-corrected chi connectivity index (χ3v) is 5.17. The van der Waals surface area contributed by atoms with E-state index < -0.39 is 0 Å². The van der Waals surface area contributed by atoms with Gasteiger partial charge in [-0.05, 0) is 26.3 Å². The molecule has 0 aliphatic carbocycles. The predicted octanol–water partition coefficient (Wildman–Crippen LogP) is 2.64. The van der Waals surface area contributed by atoms with Crippen molar-refractivity contribution in [2.24, 2.45) is 7.05 Å². The van der Waals surface area contributed by atoms with Gasteiger partial charge in [0.1, 0.15) is 0 Å². The van der Waals surface area contributed by atoms with Crippen LogP contribution < -0.4 is 11.2 Å². The summed E-state index contributed by atoms with van der Waals surface area (Å²) in [6.45, 7) is 9.91. The van der Waals surface area contributed by atoms with Gasteiger partial charge >= 0.3 is 5.69 Å². The number of allylic oxidation sites excluding steroid dienone is 1. The Bertz CT molecular complexity index is 1330. The summed E-state index contributed by atoms with van der Waals surface area (Å²) < 4.78 is 6.52. The molecule has 0 bridgehead atoms. The van der Waals surface area contributed by atoms with Gasteiger partial charge in [0.2, 0.25) is 5.78 Å². The Morgan fingerprint density at radius 1 is 1.21 bits per heavy atom. The Hall–Kier alpha value is -3.35. The molecule has 7 heteroatoms. The first-order chi connectivity index (χ1) is 13.3. The van der Waals surface area contributed by atoms with Crippen LogP contribution in [-0.4, -0.2) is 23.1 Å². The second kappa shape index (κ2) is 6.37. The Morgan fingerprint density at radius 3 is 2.54 bits per heavy atom. The van der Waals surface area contributed by atoms with Crippen molar-refractivity contribution in [1.82, 2.24) is 23.1 Å². The third kappa shape index (κ3) is 2.54. The van der Waals surface area contributed by atoms with Crippen molar-refractivity contribution in [1.29, 1.82) is 0 Å². The van der Waals surface area contributed by atoms with Crippen LogP contribution in [0.25, 0.3) is 16.9 Å². The van der Waals surface area contributed by atoms with Gasteiger partial charge in [-0.25, -0.2) is 4.79 Å². The van der Waals surface area contributed by atoms with E-state index in [0.29, 0.717) is 16.9 Å². The van der Waals surface area contributed by atoms with Crippen LogP contribution >= 0.6 is 0 Å². The molecular weight excluding hydrogens is 354 g/mol. The SMILES string of the molecule is C=C(C)Cn1c(=O)c2c(nc3n([C@@H](C)c4ccccc4)c(C)cn23)n(C)c1=O. The highest BCUT2D eigenvalue weighted by molar-refractivity contribution is 5.75. The summed E-state index contributed by atoms with van der Waals surface area (Å²) in [5, 5.41) is 0. The van der Waals surface area contributed by atoms with Gasteiger partial charge in [-0.2, -0.15) is 4.98 Å². The maximum atomic E-state index is 13.1. The summed E-state index contributed by atoms with van der Waals surface area (Å²) >= 11 is 0. The van der Waals surface area contributed by atoms with Crippen molar-refractivity contribution in [2.75, 3.05) is 0 Å². The third-order valence-electron chi connectivity index (χ3n) is 5.17. The van der Waals surface area contributed by atoms with Gasteiger partial charge in [0.15, 0.2) is 11.2 Å². The molecule has 0 aliphatic heterocycles. The van der Waals surface area contributed by atoms with Gasteiger partial charge in [-0.1, -0.05) is 42.5 Å². The number of aryl methyl sites for hydroxylation is 2.